The number of allylic oxidation sites excluding steroid dienone is 2. The second kappa shape index (κ2) is 2.88. The summed E-state index contributed by atoms with van der Waals surface area (Å²) in [5, 5.41) is 0. The molecule has 0 amide bonds. The van der Waals surface area contributed by atoms with Crippen LogP contribution in [0.2, 0.25) is 0 Å². The maximum atomic E-state index is 11.1. The number of hydrogen-bond donors (Lipinski definition) is 1. The Labute approximate surface area is 65.5 Å². The zero-order chi connectivity index (χ0) is 8.32. The fourth-order valence-corrected chi connectivity index (χ4v) is 0.978. The lowest BCUT2D eigenvalue weighted by Gasteiger charge is -2.22. The molecule has 2 N–H and O–H groups in total. The van der Waals surface area contributed by atoms with Gasteiger partial charge in [-0.05, 0) is 6.42 Å². The van der Waals surface area contributed by atoms with E-state index in [9.17, 15) is 4.79 Å². The van der Waals surface area contributed by atoms with Crippen LogP contribution in [0, 0.1) is 0 Å². The second-order valence-corrected chi connectivity index (χ2v) is 2.52. The van der Waals surface area contributed by atoms with Gasteiger partial charge in [0.15, 0.2) is 0 Å². The zero-order valence-corrected chi connectivity index (χ0v) is 6.41. The Hall–Kier alpha value is -1.09. The van der Waals surface area contributed by atoms with Crippen LogP contribution in [0.15, 0.2) is 24.3 Å². The van der Waals surface area contributed by atoms with Crippen LogP contribution in [0.1, 0.15) is 6.42 Å². The van der Waals surface area contributed by atoms with Gasteiger partial charge in [0.1, 0.15) is 5.54 Å². The summed E-state index contributed by atoms with van der Waals surface area (Å²) >= 11 is 0. The summed E-state index contributed by atoms with van der Waals surface area (Å²) in [6.45, 7) is 0. The van der Waals surface area contributed by atoms with E-state index in [0.29, 0.717) is 6.42 Å². The monoisotopic (exact) mass is 153 g/mol. The molecular formula is C8H11NO2. The molecule has 1 aliphatic carbocycles. The molecule has 0 fully saturated rings. The van der Waals surface area contributed by atoms with Crippen molar-refractivity contribution in [3.05, 3.63) is 24.3 Å². The van der Waals surface area contributed by atoms with Crippen molar-refractivity contribution in [2.45, 2.75) is 12.0 Å². The first kappa shape index (κ1) is 8.01. The van der Waals surface area contributed by atoms with Gasteiger partial charge in [0.2, 0.25) is 0 Å². The van der Waals surface area contributed by atoms with Crippen LogP contribution in [0.4, 0.5) is 0 Å². The largest absolute Gasteiger partial charge is 0.467 e. The Morgan fingerprint density at radius 1 is 1.64 bits per heavy atom. The fraction of sp³-hybridized carbons (Fsp3) is 0.375. The molecule has 60 valence electrons. The van der Waals surface area contributed by atoms with Crippen LogP contribution in [0.3, 0.4) is 0 Å². The molecule has 3 heteroatoms. The van der Waals surface area contributed by atoms with Gasteiger partial charge in [0.05, 0.1) is 7.11 Å². The van der Waals surface area contributed by atoms with Crippen molar-refractivity contribution in [3.8, 4) is 0 Å². The molecule has 0 heterocycles. The van der Waals surface area contributed by atoms with E-state index in [1.165, 1.54) is 7.11 Å². The molecule has 0 aromatic heterocycles. The van der Waals surface area contributed by atoms with Crippen molar-refractivity contribution in [1.82, 2.24) is 0 Å². The molecule has 1 rings (SSSR count). The van der Waals surface area contributed by atoms with Crippen molar-refractivity contribution >= 4 is 5.97 Å². The first-order valence-electron chi connectivity index (χ1n) is 3.41. The molecule has 11 heavy (non-hydrogen) atoms. The highest BCUT2D eigenvalue weighted by Crippen LogP contribution is 2.15. The van der Waals surface area contributed by atoms with Crippen LogP contribution in [-0.4, -0.2) is 18.6 Å². The zero-order valence-electron chi connectivity index (χ0n) is 6.41. The van der Waals surface area contributed by atoms with Crippen LogP contribution in [-0.2, 0) is 9.53 Å². The van der Waals surface area contributed by atoms with E-state index in [-0.39, 0.29) is 0 Å². The Bertz CT molecular complexity index is 220. The third-order valence-electron chi connectivity index (χ3n) is 1.66. The summed E-state index contributed by atoms with van der Waals surface area (Å²) in [5.74, 6) is -0.391. The Morgan fingerprint density at radius 3 is 2.82 bits per heavy atom. The molecule has 0 saturated carbocycles. The minimum atomic E-state index is -0.941. The topological polar surface area (TPSA) is 52.3 Å². The normalized spacial score (nSPS) is 28.5. The molecule has 1 atom stereocenters. The van der Waals surface area contributed by atoms with Crippen molar-refractivity contribution in [2.75, 3.05) is 7.11 Å². The van der Waals surface area contributed by atoms with Gasteiger partial charge >= 0.3 is 5.97 Å². The van der Waals surface area contributed by atoms with E-state index in [4.69, 9.17) is 5.73 Å². The van der Waals surface area contributed by atoms with E-state index in [0.717, 1.165) is 0 Å². The summed E-state index contributed by atoms with van der Waals surface area (Å²) in [7, 11) is 1.34. The first-order valence-corrected chi connectivity index (χ1v) is 3.41. The molecule has 0 radical (unpaired) electrons. The first-order chi connectivity index (χ1) is 5.19. The van der Waals surface area contributed by atoms with Gasteiger partial charge in [-0.1, -0.05) is 24.3 Å². The predicted molar refractivity (Wildman–Crippen MR) is 41.8 cm³/mol. The number of hydrogen-bond acceptors (Lipinski definition) is 3. The lowest BCUT2D eigenvalue weighted by molar-refractivity contribution is -0.145. The number of methoxy groups -OCH3 is 1. The number of rotatable bonds is 1. The van der Waals surface area contributed by atoms with E-state index < -0.39 is 11.5 Å². The molecule has 1 aliphatic rings. The molecule has 0 saturated heterocycles. The molecule has 0 bridgehead atoms. The molecule has 1 unspecified atom stereocenters. The van der Waals surface area contributed by atoms with Gasteiger partial charge in [0.25, 0.3) is 0 Å². The van der Waals surface area contributed by atoms with Crippen molar-refractivity contribution in [1.29, 1.82) is 0 Å². The predicted octanol–water partition coefficient (Wildman–Crippen LogP) is 0.373. The summed E-state index contributed by atoms with van der Waals surface area (Å²) in [6, 6.07) is 0. The Balaban J connectivity index is 2.75. The van der Waals surface area contributed by atoms with E-state index in [2.05, 4.69) is 4.74 Å². The van der Waals surface area contributed by atoms with E-state index >= 15 is 0 Å². The summed E-state index contributed by atoms with van der Waals surface area (Å²) in [4.78, 5) is 11.1. The lowest BCUT2D eigenvalue weighted by atomic mass is 9.93. The van der Waals surface area contributed by atoms with Gasteiger partial charge in [-0.15, -0.1) is 0 Å². The van der Waals surface area contributed by atoms with Gasteiger partial charge in [0, 0.05) is 0 Å². The smallest absolute Gasteiger partial charge is 0.330 e. The van der Waals surface area contributed by atoms with Gasteiger partial charge in [-0.3, -0.25) is 0 Å². The van der Waals surface area contributed by atoms with Crippen molar-refractivity contribution < 1.29 is 9.53 Å². The molecule has 0 spiro atoms. The highest BCUT2D eigenvalue weighted by atomic mass is 16.5. The van der Waals surface area contributed by atoms with Crippen LogP contribution < -0.4 is 5.73 Å². The maximum Gasteiger partial charge on any atom is 0.330 e. The number of carbonyl (C=O) groups is 1. The van der Waals surface area contributed by atoms with Crippen molar-refractivity contribution in [2.24, 2.45) is 5.73 Å². The highest BCUT2D eigenvalue weighted by Gasteiger charge is 2.31. The standard InChI is InChI=1S/C8H11NO2/c1-11-7(10)8(9)5-3-2-4-6-8/h2-5H,6,9H2,1H3. The molecule has 3 nitrogen and oxygen atoms in total. The highest BCUT2D eigenvalue weighted by molar-refractivity contribution is 5.83. The van der Waals surface area contributed by atoms with Crippen LogP contribution in [0.5, 0.6) is 0 Å². The SMILES string of the molecule is COC(=O)C1(N)C=CC=CC1. The third kappa shape index (κ3) is 1.49. The van der Waals surface area contributed by atoms with E-state index in [1.807, 2.05) is 12.2 Å². The quantitative estimate of drug-likeness (QED) is 0.554. The summed E-state index contributed by atoms with van der Waals surface area (Å²) in [6.07, 6.45) is 7.61. The fourth-order valence-electron chi connectivity index (χ4n) is 0.978. The van der Waals surface area contributed by atoms with Gasteiger partial charge in [-0.2, -0.15) is 0 Å². The Kier molecular flexibility index (Phi) is 2.10. The molecular weight excluding hydrogens is 142 g/mol. The number of ether oxygens (including phenoxy) is 1. The van der Waals surface area contributed by atoms with E-state index in [1.54, 1.807) is 12.2 Å². The number of nitrogens with two attached hydrogens (primary N) is 1. The number of esters is 1. The van der Waals surface area contributed by atoms with Gasteiger partial charge in [-0.25, -0.2) is 4.79 Å². The average molecular weight is 153 g/mol. The number of carbonyl (C=O) groups excluding carboxylic acids is 1. The van der Waals surface area contributed by atoms with Crippen LogP contribution >= 0.6 is 0 Å². The molecule has 0 aromatic rings. The van der Waals surface area contributed by atoms with Crippen LogP contribution in [0.25, 0.3) is 0 Å². The lowest BCUT2D eigenvalue weighted by Crippen LogP contribution is -2.47. The summed E-state index contributed by atoms with van der Waals surface area (Å²) in [5.41, 5.74) is 4.76. The molecule has 0 aromatic carbocycles. The average Bonchev–Trinajstić information content (AvgIpc) is 2.04. The second-order valence-electron chi connectivity index (χ2n) is 2.52. The summed E-state index contributed by atoms with van der Waals surface area (Å²) < 4.78 is 4.54. The minimum Gasteiger partial charge on any atom is -0.467 e. The van der Waals surface area contributed by atoms with Gasteiger partial charge < -0.3 is 10.5 Å². The maximum absolute atomic E-state index is 11.1. The molecule has 0 aliphatic heterocycles. The van der Waals surface area contributed by atoms with Crippen molar-refractivity contribution in [3.63, 3.8) is 0 Å². The minimum absolute atomic E-state index is 0.391. The Morgan fingerprint density at radius 2 is 2.36 bits per heavy atom. The third-order valence-corrected chi connectivity index (χ3v) is 1.66.